The number of benzene rings is 1. The van der Waals surface area contributed by atoms with Crippen LogP contribution in [0, 0.1) is 13.8 Å². The maximum atomic E-state index is 10.00. The Morgan fingerprint density at radius 3 is 2.40 bits per heavy atom. The molecule has 1 rings (SSSR count). The number of hydrogen-bond acceptors (Lipinski definition) is 3. The van der Waals surface area contributed by atoms with Crippen molar-refractivity contribution in [2.75, 3.05) is 7.11 Å². The molecular weight excluding hydrogens is 190 g/mol. The molecule has 0 aliphatic carbocycles. The van der Waals surface area contributed by atoms with Gasteiger partial charge in [0.2, 0.25) is 0 Å². The number of nitrogens with two attached hydrogens (primary N) is 1. The van der Waals surface area contributed by atoms with Crippen molar-refractivity contribution < 1.29 is 9.84 Å². The molecule has 0 aliphatic rings. The summed E-state index contributed by atoms with van der Waals surface area (Å²) in [6.07, 6.45) is -0.639. The number of rotatable bonds is 3. The molecule has 84 valence electrons. The van der Waals surface area contributed by atoms with Crippen LogP contribution in [-0.2, 0) is 0 Å². The second kappa shape index (κ2) is 4.64. The van der Waals surface area contributed by atoms with Crippen molar-refractivity contribution in [1.82, 2.24) is 0 Å². The number of aliphatic hydroxyl groups excluding tert-OH is 1. The SMILES string of the molecule is COc1ccc(C)c([C@H](O)[C@@H](C)N)c1C. The van der Waals surface area contributed by atoms with E-state index in [1.807, 2.05) is 26.0 Å². The highest BCUT2D eigenvalue weighted by Gasteiger charge is 2.19. The van der Waals surface area contributed by atoms with E-state index in [-0.39, 0.29) is 6.04 Å². The Balaban J connectivity index is 3.26. The highest BCUT2D eigenvalue weighted by Crippen LogP contribution is 2.30. The molecule has 3 nitrogen and oxygen atoms in total. The Morgan fingerprint density at radius 1 is 1.33 bits per heavy atom. The summed E-state index contributed by atoms with van der Waals surface area (Å²) < 4.78 is 5.22. The predicted octanol–water partition coefficient (Wildman–Crippen LogP) is 1.69. The van der Waals surface area contributed by atoms with Crippen molar-refractivity contribution >= 4 is 0 Å². The van der Waals surface area contributed by atoms with Crippen LogP contribution < -0.4 is 10.5 Å². The van der Waals surface area contributed by atoms with E-state index in [1.54, 1.807) is 14.0 Å². The van der Waals surface area contributed by atoms with E-state index in [1.165, 1.54) is 0 Å². The first-order chi connectivity index (χ1) is 6.99. The Hall–Kier alpha value is -1.06. The van der Waals surface area contributed by atoms with Crippen molar-refractivity contribution in [2.24, 2.45) is 5.73 Å². The molecule has 0 spiro atoms. The molecular formula is C12H19NO2. The van der Waals surface area contributed by atoms with Crippen LogP contribution in [0.2, 0.25) is 0 Å². The Labute approximate surface area is 90.9 Å². The molecule has 0 saturated carbocycles. The van der Waals surface area contributed by atoms with Crippen LogP contribution in [-0.4, -0.2) is 18.3 Å². The van der Waals surface area contributed by atoms with Crippen LogP contribution in [0.4, 0.5) is 0 Å². The number of methoxy groups -OCH3 is 1. The fourth-order valence-corrected chi connectivity index (χ4v) is 1.78. The van der Waals surface area contributed by atoms with Gasteiger partial charge in [-0.1, -0.05) is 6.07 Å². The lowest BCUT2D eigenvalue weighted by Gasteiger charge is -2.21. The van der Waals surface area contributed by atoms with E-state index >= 15 is 0 Å². The fourth-order valence-electron chi connectivity index (χ4n) is 1.78. The molecule has 0 bridgehead atoms. The zero-order valence-electron chi connectivity index (χ0n) is 9.74. The molecule has 0 amide bonds. The van der Waals surface area contributed by atoms with Gasteiger partial charge in [0.05, 0.1) is 13.2 Å². The molecule has 3 heteroatoms. The van der Waals surface area contributed by atoms with Gasteiger partial charge < -0.3 is 15.6 Å². The molecule has 2 atom stereocenters. The Kier molecular flexibility index (Phi) is 3.72. The summed E-state index contributed by atoms with van der Waals surface area (Å²) in [5.74, 6) is 0.787. The molecule has 0 heterocycles. The first-order valence-electron chi connectivity index (χ1n) is 5.06. The zero-order chi connectivity index (χ0) is 11.6. The van der Waals surface area contributed by atoms with Crippen molar-refractivity contribution in [3.8, 4) is 5.75 Å². The summed E-state index contributed by atoms with van der Waals surface area (Å²) in [5.41, 5.74) is 8.59. The molecule has 0 radical (unpaired) electrons. The number of aryl methyl sites for hydroxylation is 1. The zero-order valence-corrected chi connectivity index (χ0v) is 9.74. The lowest BCUT2D eigenvalue weighted by Crippen LogP contribution is -2.25. The van der Waals surface area contributed by atoms with E-state index in [0.29, 0.717) is 0 Å². The first kappa shape index (κ1) is 12.0. The summed E-state index contributed by atoms with van der Waals surface area (Å²) in [4.78, 5) is 0. The van der Waals surface area contributed by atoms with Gasteiger partial charge >= 0.3 is 0 Å². The van der Waals surface area contributed by atoms with Gasteiger partial charge in [-0.15, -0.1) is 0 Å². The van der Waals surface area contributed by atoms with E-state index in [2.05, 4.69) is 0 Å². The molecule has 0 unspecified atom stereocenters. The lowest BCUT2D eigenvalue weighted by atomic mass is 9.94. The monoisotopic (exact) mass is 209 g/mol. The second-order valence-corrected chi connectivity index (χ2v) is 3.93. The van der Waals surface area contributed by atoms with Crippen LogP contribution in [0.3, 0.4) is 0 Å². The standard InChI is InChI=1S/C12H19NO2/c1-7-5-6-10(15-4)8(2)11(7)12(14)9(3)13/h5-6,9,12,14H,13H2,1-4H3/t9-,12-/m1/s1. The molecule has 0 saturated heterocycles. The van der Waals surface area contributed by atoms with Crippen molar-refractivity contribution in [3.05, 3.63) is 28.8 Å². The van der Waals surface area contributed by atoms with E-state index < -0.39 is 6.10 Å². The summed E-state index contributed by atoms with van der Waals surface area (Å²) in [6, 6.07) is 3.56. The average molecular weight is 209 g/mol. The minimum atomic E-state index is -0.639. The average Bonchev–Trinajstić information content (AvgIpc) is 2.17. The minimum Gasteiger partial charge on any atom is -0.496 e. The van der Waals surface area contributed by atoms with Crippen LogP contribution in [0.25, 0.3) is 0 Å². The molecule has 1 aromatic rings. The number of aliphatic hydroxyl groups is 1. The Bertz CT molecular complexity index is 348. The smallest absolute Gasteiger partial charge is 0.122 e. The third kappa shape index (κ3) is 2.30. The third-order valence-electron chi connectivity index (χ3n) is 2.70. The molecule has 0 fully saturated rings. The van der Waals surface area contributed by atoms with Gasteiger partial charge in [0.15, 0.2) is 0 Å². The molecule has 0 aliphatic heterocycles. The topological polar surface area (TPSA) is 55.5 Å². The maximum Gasteiger partial charge on any atom is 0.122 e. The largest absolute Gasteiger partial charge is 0.496 e. The third-order valence-corrected chi connectivity index (χ3v) is 2.70. The van der Waals surface area contributed by atoms with Crippen LogP contribution in [0.15, 0.2) is 12.1 Å². The van der Waals surface area contributed by atoms with Crippen LogP contribution in [0.5, 0.6) is 5.75 Å². The van der Waals surface area contributed by atoms with Crippen LogP contribution in [0.1, 0.15) is 29.7 Å². The van der Waals surface area contributed by atoms with Gasteiger partial charge in [0.25, 0.3) is 0 Å². The number of hydrogen-bond donors (Lipinski definition) is 2. The summed E-state index contributed by atoms with van der Waals surface area (Å²) in [7, 11) is 1.62. The van der Waals surface area contributed by atoms with Gasteiger partial charge in [0, 0.05) is 6.04 Å². The summed E-state index contributed by atoms with van der Waals surface area (Å²) >= 11 is 0. The Morgan fingerprint density at radius 2 is 1.93 bits per heavy atom. The summed E-state index contributed by atoms with van der Waals surface area (Å²) in [6.45, 7) is 5.70. The first-order valence-corrected chi connectivity index (χ1v) is 5.06. The minimum absolute atomic E-state index is 0.283. The quantitative estimate of drug-likeness (QED) is 0.796. The van der Waals surface area contributed by atoms with E-state index in [0.717, 1.165) is 22.4 Å². The predicted molar refractivity (Wildman–Crippen MR) is 61.1 cm³/mol. The van der Waals surface area contributed by atoms with E-state index in [9.17, 15) is 5.11 Å². The van der Waals surface area contributed by atoms with Gasteiger partial charge in [-0.2, -0.15) is 0 Å². The van der Waals surface area contributed by atoms with Gasteiger partial charge in [-0.3, -0.25) is 0 Å². The molecule has 0 aromatic heterocycles. The normalized spacial score (nSPS) is 14.8. The maximum absolute atomic E-state index is 10.00. The van der Waals surface area contributed by atoms with Crippen molar-refractivity contribution in [1.29, 1.82) is 0 Å². The van der Waals surface area contributed by atoms with Gasteiger partial charge in [0.1, 0.15) is 5.75 Å². The molecule has 1 aromatic carbocycles. The van der Waals surface area contributed by atoms with E-state index in [4.69, 9.17) is 10.5 Å². The molecule has 15 heavy (non-hydrogen) atoms. The summed E-state index contributed by atoms with van der Waals surface area (Å²) in [5, 5.41) is 10.00. The molecule has 3 N–H and O–H groups in total. The van der Waals surface area contributed by atoms with Gasteiger partial charge in [-0.25, -0.2) is 0 Å². The fraction of sp³-hybridized carbons (Fsp3) is 0.500. The lowest BCUT2D eigenvalue weighted by molar-refractivity contribution is 0.151. The second-order valence-electron chi connectivity index (χ2n) is 3.93. The van der Waals surface area contributed by atoms with Gasteiger partial charge in [-0.05, 0) is 43.5 Å². The number of ether oxygens (including phenoxy) is 1. The van der Waals surface area contributed by atoms with Crippen LogP contribution >= 0.6 is 0 Å². The highest BCUT2D eigenvalue weighted by molar-refractivity contribution is 5.45. The van der Waals surface area contributed by atoms with Crippen molar-refractivity contribution in [3.63, 3.8) is 0 Å². The highest BCUT2D eigenvalue weighted by atomic mass is 16.5. The van der Waals surface area contributed by atoms with Crippen molar-refractivity contribution in [2.45, 2.75) is 32.9 Å².